The summed E-state index contributed by atoms with van der Waals surface area (Å²) in [7, 11) is 0. The minimum Gasteiger partial charge on any atom is -0.379 e. The zero-order valence-electron chi connectivity index (χ0n) is 11.8. The first-order chi connectivity index (χ1) is 9.00. The van der Waals surface area contributed by atoms with Gasteiger partial charge in [-0.05, 0) is 44.7 Å². The van der Waals surface area contributed by atoms with Crippen molar-refractivity contribution in [2.75, 3.05) is 26.3 Å². The molecule has 0 aliphatic carbocycles. The van der Waals surface area contributed by atoms with Gasteiger partial charge in [-0.15, -0.1) is 0 Å². The Kier molecular flexibility index (Phi) is 4.66. The third-order valence-electron chi connectivity index (χ3n) is 3.53. The van der Waals surface area contributed by atoms with E-state index in [1.54, 1.807) is 0 Å². The number of thioether (sulfide) groups is 1. The molecular formula is C15H21NO2S. The molecule has 1 aliphatic rings. The molecule has 1 aliphatic heterocycles. The quantitative estimate of drug-likeness (QED) is 0.796. The van der Waals surface area contributed by atoms with E-state index >= 15 is 0 Å². The highest BCUT2D eigenvalue weighted by Gasteiger charge is 2.35. The van der Waals surface area contributed by atoms with Crippen molar-refractivity contribution >= 4 is 16.9 Å². The number of aryl methyl sites for hydroxylation is 1. The van der Waals surface area contributed by atoms with Gasteiger partial charge >= 0.3 is 0 Å². The van der Waals surface area contributed by atoms with E-state index in [4.69, 9.17) is 4.74 Å². The Hall–Kier alpha value is -0.840. The molecule has 4 heteroatoms. The molecule has 1 aromatic carbocycles. The molecule has 0 bridgehead atoms. The summed E-state index contributed by atoms with van der Waals surface area (Å²) in [6.07, 6.45) is 0. The topological polar surface area (TPSA) is 29.5 Å². The fourth-order valence-electron chi connectivity index (χ4n) is 2.09. The highest BCUT2D eigenvalue weighted by Crippen LogP contribution is 2.28. The number of ether oxygens (including phenoxy) is 1. The van der Waals surface area contributed by atoms with Crippen LogP contribution in [0, 0.1) is 6.92 Å². The molecule has 104 valence electrons. The van der Waals surface area contributed by atoms with E-state index in [0.29, 0.717) is 13.2 Å². The number of hydrogen-bond acceptors (Lipinski definition) is 4. The molecule has 19 heavy (non-hydrogen) atoms. The van der Waals surface area contributed by atoms with E-state index in [0.717, 1.165) is 18.0 Å². The Morgan fingerprint density at radius 1 is 1.21 bits per heavy atom. The Morgan fingerprint density at radius 3 is 2.37 bits per heavy atom. The lowest BCUT2D eigenvalue weighted by Gasteiger charge is -2.39. The van der Waals surface area contributed by atoms with Crippen molar-refractivity contribution in [3.8, 4) is 0 Å². The molecule has 0 aromatic heterocycles. The summed E-state index contributed by atoms with van der Waals surface area (Å²) in [6.45, 7) is 9.13. The number of nitrogens with zero attached hydrogens (tertiary/aromatic N) is 1. The zero-order chi connectivity index (χ0) is 13.9. The summed E-state index contributed by atoms with van der Waals surface area (Å²) >= 11 is 1.33. The highest BCUT2D eigenvalue weighted by molar-refractivity contribution is 8.13. The van der Waals surface area contributed by atoms with E-state index in [-0.39, 0.29) is 5.12 Å². The van der Waals surface area contributed by atoms with Crippen LogP contribution in [0.25, 0.3) is 0 Å². The molecule has 2 rings (SSSR count). The van der Waals surface area contributed by atoms with Gasteiger partial charge in [-0.1, -0.05) is 17.7 Å². The fourth-order valence-corrected chi connectivity index (χ4v) is 2.95. The Bertz CT molecular complexity index is 436. The standard InChI is InChI=1S/C15H21NO2S/c1-12-4-6-13(7-5-12)19-14(17)15(2,3)16-8-10-18-11-9-16/h4-7H,8-11H2,1-3H3. The number of rotatable bonds is 3. The lowest BCUT2D eigenvalue weighted by molar-refractivity contribution is -0.123. The van der Waals surface area contributed by atoms with Gasteiger partial charge < -0.3 is 4.74 Å². The van der Waals surface area contributed by atoms with Gasteiger partial charge in [0.1, 0.15) is 0 Å². The van der Waals surface area contributed by atoms with Crippen LogP contribution in [0.1, 0.15) is 19.4 Å². The van der Waals surface area contributed by atoms with Gasteiger partial charge in [0.2, 0.25) is 5.12 Å². The summed E-state index contributed by atoms with van der Waals surface area (Å²) in [5, 5.41) is 0.193. The van der Waals surface area contributed by atoms with Gasteiger partial charge in [0.15, 0.2) is 0 Å². The third-order valence-corrected chi connectivity index (χ3v) is 4.73. The van der Waals surface area contributed by atoms with Crippen molar-refractivity contribution in [2.24, 2.45) is 0 Å². The second-order valence-electron chi connectivity index (χ2n) is 5.36. The summed E-state index contributed by atoms with van der Waals surface area (Å²) in [4.78, 5) is 15.7. The molecule has 3 nitrogen and oxygen atoms in total. The van der Waals surface area contributed by atoms with Crippen molar-refractivity contribution < 1.29 is 9.53 Å². The number of hydrogen-bond donors (Lipinski definition) is 0. The normalized spacial score (nSPS) is 17.4. The lowest BCUT2D eigenvalue weighted by atomic mass is 10.0. The molecule has 0 amide bonds. The largest absolute Gasteiger partial charge is 0.379 e. The van der Waals surface area contributed by atoms with Gasteiger partial charge in [-0.2, -0.15) is 0 Å². The van der Waals surface area contributed by atoms with Crippen LogP contribution in [-0.2, 0) is 9.53 Å². The highest BCUT2D eigenvalue weighted by atomic mass is 32.2. The molecular weight excluding hydrogens is 258 g/mol. The third kappa shape index (κ3) is 3.59. The van der Waals surface area contributed by atoms with Gasteiger partial charge in [-0.3, -0.25) is 9.69 Å². The van der Waals surface area contributed by atoms with Crippen molar-refractivity contribution in [1.29, 1.82) is 0 Å². The minimum absolute atomic E-state index is 0.193. The van der Waals surface area contributed by atoms with Crippen LogP contribution in [0.2, 0.25) is 0 Å². The number of carbonyl (C=O) groups excluding carboxylic acids is 1. The maximum Gasteiger partial charge on any atom is 0.213 e. The minimum atomic E-state index is -0.445. The maximum atomic E-state index is 12.5. The summed E-state index contributed by atoms with van der Waals surface area (Å²) in [5.74, 6) is 0. The van der Waals surface area contributed by atoms with Crippen molar-refractivity contribution in [3.63, 3.8) is 0 Å². The molecule has 1 fully saturated rings. The van der Waals surface area contributed by atoms with E-state index in [1.807, 2.05) is 45.0 Å². The summed E-state index contributed by atoms with van der Waals surface area (Å²) < 4.78 is 5.35. The fraction of sp³-hybridized carbons (Fsp3) is 0.533. The summed E-state index contributed by atoms with van der Waals surface area (Å²) in [5.41, 5.74) is 0.767. The van der Waals surface area contributed by atoms with E-state index in [1.165, 1.54) is 17.3 Å². The maximum absolute atomic E-state index is 12.5. The molecule has 1 aromatic rings. The SMILES string of the molecule is Cc1ccc(SC(=O)C(C)(C)N2CCOCC2)cc1. The summed E-state index contributed by atoms with van der Waals surface area (Å²) in [6, 6.07) is 8.09. The Labute approximate surface area is 119 Å². The van der Waals surface area contributed by atoms with Gasteiger partial charge in [-0.25, -0.2) is 0 Å². The first-order valence-corrected chi connectivity index (χ1v) is 7.43. The van der Waals surface area contributed by atoms with Crippen LogP contribution in [0.4, 0.5) is 0 Å². The van der Waals surface area contributed by atoms with Crippen LogP contribution >= 0.6 is 11.8 Å². The molecule has 1 heterocycles. The Balaban J connectivity index is 2.03. The van der Waals surface area contributed by atoms with Crippen molar-refractivity contribution in [1.82, 2.24) is 4.90 Å². The zero-order valence-corrected chi connectivity index (χ0v) is 12.6. The van der Waals surface area contributed by atoms with Crippen LogP contribution < -0.4 is 0 Å². The van der Waals surface area contributed by atoms with Crippen LogP contribution in [0.5, 0.6) is 0 Å². The predicted octanol–water partition coefficient (Wildman–Crippen LogP) is 2.72. The lowest BCUT2D eigenvalue weighted by Crippen LogP contribution is -2.53. The second kappa shape index (κ2) is 6.07. The molecule has 0 unspecified atom stereocenters. The number of carbonyl (C=O) groups is 1. The van der Waals surface area contributed by atoms with Gasteiger partial charge in [0.25, 0.3) is 0 Å². The number of morpholine rings is 1. The van der Waals surface area contributed by atoms with E-state index < -0.39 is 5.54 Å². The second-order valence-corrected chi connectivity index (χ2v) is 6.41. The van der Waals surface area contributed by atoms with Crippen molar-refractivity contribution in [3.05, 3.63) is 29.8 Å². The Morgan fingerprint density at radius 2 is 1.79 bits per heavy atom. The van der Waals surface area contributed by atoms with Gasteiger partial charge in [0.05, 0.1) is 18.8 Å². The molecule has 0 atom stereocenters. The molecule has 0 saturated carbocycles. The average molecular weight is 279 g/mol. The first-order valence-electron chi connectivity index (χ1n) is 6.62. The molecule has 0 spiro atoms. The molecule has 1 saturated heterocycles. The predicted molar refractivity (Wildman–Crippen MR) is 78.5 cm³/mol. The monoisotopic (exact) mass is 279 g/mol. The van der Waals surface area contributed by atoms with E-state index in [2.05, 4.69) is 4.90 Å². The first kappa shape index (κ1) is 14.6. The molecule has 0 N–H and O–H groups in total. The van der Waals surface area contributed by atoms with Crippen LogP contribution in [0.15, 0.2) is 29.2 Å². The van der Waals surface area contributed by atoms with Crippen LogP contribution in [0.3, 0.4) is 0 Å². The van der Waals surface area contributed by atoms with E-state index in [9.17, 15) is 4.79 Å². The van der Waals surface area contributed by atoms with Crippen molar-refractivity contribution in [2.45, 2.75) is 31.2 Å². The van der Waals surface area contributed by atoms with Crippen LogP contribution in [-0.4, -0.2) is 41.9 Å². The smallest absolute Gasteiger partial charge is 0.213 e. The number of benzene rings is 1. The average Bonchev–Trinajstić information content (AvgIpc) is 2.42. The molecule has 0 radical (unpaired) electrons. The van der Waals surface area contributed by atoms with Gasteiger partial charge in [0, 0.05) is 18.0 Å².